The van der Waals surface area contributed by atoms with Crippen LogP contribution in [0.3, 0.4) is 0 Å². The number of benzene rings is 4. The monoisotopic (exact) mass is 600 g/mol. The van der Waals surface area contributed by atoms with Crippen LogP contribution in [0.1, 0.15) is 26.3 Å². The lowest BCUT2D eigenvalue weighted by Crippen LogP contribution is -2.48. The van der Waals surface area contributed by atoms with E-state index in [1.165, 1.54) is 71.6 Å². The zero-order chi connectivity index (χ0) is 30.3. The molecule has 6 rings (SSSR count). The van der Waals surface area contributed by atoms with Crippen molar-refractivity contribution in [2.45, 2.75) is 16.3 Å². The van der Waals surface area contributed by atoms with Gasteiger partial charge >= 0.3 is 0 Å². The van der Waals surface area contributed by atoms with Crippen LogP contribution < -0.4 is 9.80 Å². The molecule has 0 aliphatic carbocycles. The van der Waals surface area contributed by atoms with Crippen LogP contribution in [-0.2, 0) is 16.4 Å². The smallest absolute Gasteiger partial charge is 0.269 e. The Morgan fingerprint density at radius 1 is 0.860 bits per heavy atom. The van der Waals surface area contributed by atoms with Gasteiger partial charge in [-0.2, -0.15) is 0 Å². The van der Waals surface area contributed by atoms with Gasteiger partial charge in [-0.15, -0.1) is 0 Å². The lowest BCUT2D eigenvalue weighted by Gasteiger charge is -2.36. The second-order valence-corrected chi connectivity index (χ2v) is 12.1. The van der Waals surface area contributed by atoms with Gasteiger partial charge in [-0.25, -0.2) is 12.8 Å². The molecule has 4 aromatic rings. The van der Waals surface area contributed by atoms with Crippen molar-refractivity contribution in [2.75, 3.05) is 36.0 Å². The highest BCUT2D eigenvalue weighted by Crippen LogP contribution is 2.38. The number of amides is 2. The van der Waals surface area contributed by atoms with Crippen LogP contribution in [0, 0.1) is 15.9 Å². The van der Waals surface area contributed by atoms with E-state index in [9.17, 15) is 32.5 Å². The molecule has 0 N–H and O–H groups in total. The fourth-order valence-electron chi connectivity index (χ4n) is 5.40. The summed E-state index contributed by atoms with van der Waals surface area (Å²) in [5.74, 6) is -1.32. The van der Waals surface area contributed by atoms with Crippen molar-refractivity contribution in [3.8, 4) is 0 Å². The van der Waals surface area contributed by atoms with Crippen molar-refractivity contribution in [1.82, 2.24) is 4.90 Å². The fraction of sp³-hybridized carbons (Fsp3) is 0.161. The summed E-state index contributed by atoms with van der Waals surface area (Å²) in [7, 11) is -4.11. The quantitative estimate of drug-likeness (QED) is 0.241. The molecule has 10 nitrogen and oxygen atoms in total. The van der Waals surface area contributed by atoms with E-state index in [0.717, 1.165) is 5.69 Å². The number of hydrogen-bond donors (Lipinski definition) is 0. The summed E-state index contributed by atoms with van der Waals surface area (Å²) in [6.07, 6.45) is 0. The first kappa shape index (κ1) is 28.0. The minimum atomic E-state index is -4.11. The summed E-state index contributed by atoms with van der Waals surface area (Å²) in [6, 6.07) is 22.0. The second-order valence-electron chi connectivity index (χ2n) is 10.3. The molecule has 2 aliphatic rings. The molecule has 0 bridgehead atoms. The largest absolute Gasteiger partial charge is 0.368 e. The van der Waals surface area contributed by atoms with Gasteiger partial charge in [0.1, 0.15) is 5.82 Å². The van der Waals surface area contributed by atoms with Gasteiger partial charge in [0.15, 0.2) is 0 Å². The van der Waals surface area contributed by atoms with Gasteiger partial charge in [-0.3, -0.25) is 19.7 Å². The Morgan fingerprint density at radius 2 is 1.53 bits per heavy atom. The molecule has 12 heteroatoms. The number of nitrogens with zero attached hydrogens (tertiary/aromatic N) is 4. The Kier molecular flexibility index (Phi) is 7.14. The molecule has 4 aromatic carbocycles. The third kappa shape index (κ3) is 5.21. The standard InChI is InChI=1S/C31H25FN4O6S/c32-23-8-5-21(6-9-23)20-35-27-19-22(7-14-29(27)43(41,42)28-4-2-1-3-26(28)31(35)38)30(37)34-17-15-33(16-18-34)24-10-12-25(13-11-24)36(39)40/h1-14,19H,15-18,20H2. The number of sulfone groups is 1. The summed E-state index contributed by atoms with van der Waals surface area (Å²) in [5, 5.41) is 11.0. The zero-order valence-corrected chi connectivity index (χ0v) is 23.5. The molecular weight excluding hydrogens is 575 g/mol. The average molecular weight is 601 g/mol. The number of nitro benzene ring substituents is 1. The second kappa shape index (κ2) is 11.0. The van der Waals surface area contributed by atoms with Crippen molar-refractivity contribution < 1.29 is 27.3 Å². The Labute approximate surface area is 246 Å². The highest BCUT2D eigenvalue weighted by molar-refractivity contribution is 7.91. The third-order valence-electron chi connectivity index (χ3n) is 7.68. The van der Waals surface area contributed by atoms with Gasteiger partial charge < -0.3 is 14.7 Å². The van der Waals surface area contributed by atoms with Gasteiger partial charge in [0.05, 0.1) is 32.5 Å². The van der Waals surface area contributed by atoms with Crippen LogP contribution in [0.25, 0.3) is 0 Å². The van der Waals surface area contributed by atoms with E-state index < -0.39 is 26.5 Å². The third-order valence-corrected chi connectivity index (χ3v) is 9.54. The molecule has 0 spiro atoms. The summed E-state index contributed by atoms with van der Waals surface area (Å²) in [5.41, 5.74) is 1.69. The average Bonchev–Trinajstić information content (AvgIpc) is 3.09. The van der Waals surface area contributed by atoms with E-state index in [2.05, 4.69) is 0 Å². The highest BCUT2D eigenvalue weighted by atomic mass is 32.2. The normalized spacial score (nSPS) is 15.8. The summed E-state index contributed by atoms with van der Waals surface area (Å²) >= 11 is 0. The van der Waals surface area contributed by atoms with E-state index >= 15 is 0 Å². The predicted octanol–water partition coefficient (Wildman–Crippen LogP) is 4.69. The molecule has 0 unspecified atom stereocenters. The van der Waals surface area contributed by atoms with Gasteiger partial charge in [0.2, 0.25) is 9.84 Å². The molecule has 0 aromatic heterocycles. The van der Waals surface area contributed by atoms with Crippen LogP contribution in [0.2, 0.25) is 0 Å². The topological polar surface area (TPSA) is 121 Å². The molecule has 0 atom stereocenters. The predicted molar refractivity (Wildman–Crippen MR) is 156 cm³/mol. The number of carbonyl (C=O) groups excluding carboxylic acids is 2. The number of non-ortho nitro benzene ring substituents is 1. The van der Waals surface area contributed by atoms with Gasteiger partial charge in [0, 0.05) is 49.6 Å². The van der Waals surface area contributed by atoms with Gasteiger partial charge in [0.25, 0.3) is 17.5 Å². The molecule has 2 heterocycles. The maximum absolute atomic E-state index is 13.8. The molecule has 0 saturated carbocycles. The first-order valence-corrected chi connectivity index (χ1v) is 14.9. The van der Waals surface area contributed by atoms with Crippen LogP contribution in [-0.4, -0.2) is 56.2 Å². The summed E-state index contributed by atoms with van der Waals surface area (Å²) < 4.78 is 41.1. The Morgan fingerprint density at radius 3 is 2.21 bits per heavy atom. The zero-order valence-electron chi connectivity index (χ0n) is 22.7. The first-order valence-electron chi connectivity index (χ1n) is 13.5. The lowest BCUT2D eigenvalue weighted by molar-refractivity contribution is -0.384. The molecule has 43 heavy (non-hydrogen) atoms. The Bertz CT molecular complexity index is 1850. The van der Waals surface area contributed by atoms with E-state index in [1.54, 1.807) is 29.2 Å². The van der Waals surface area contributed by atoms with Crippen molar-refractivity contribution in [3.63, 3.8) is 0 Å². The number of hydrogen-bond acceptors (Lipinski definition) is 7. The van der Waals surface area contributed by atoms with E-state index in [4.69, 9.17) is 0 Å². The number of carbonyl (C=O) groups is 2. The number of halogens is 1. The van der Waals surface area contributed by atoms with Gasteiger partial charge in [-0.05, 0) is 60.2 Å². The fourth-order valence-corrected chi connectivity index (χ4v) is 7.04. The summed E-state index contributed by atoms with van der Waals surface area (Å²) in [6.45, 7) is 1.69. The number of fused-ring (bicyclic) bond motifs is 2. The molecule has 218 valence electrons. The van der Waals surface area contributed by atoms with Gasteiger partial charge in [-0.1, -0.05) is 24.3 Å². The minimum absolute atomic E-state index is 0.00200. The van der Waals surface area contributed by atoms with Crippen LogP contribution >= 0.6 is 0 Å². The van der Waals surface area contributed by atoms with Crippen molar-refractivity contribution in [1.29, 1.82) is 0 Å². The molecular formula is C31H25FN4O6S. The number of piperazine rings is 1. The molecule has 2 amide bonds. The van der Waals surface area contributed by atoms with E-state index in [0.29, 0.717) is 31.7 Å². The number of rotatable bonds is 5. The van der Waals surface area contributed by atoms with Crippen molar-refractivity contribution in [3.05, 3.63) is 124 Å². The van der Waals surface area contributed by atoms with Crippen molar-refractivity contribution in [2.24, 2.45) is 0 Å². The minimum Gasteiger partial charge on any atom is -0.368 e. The van der Waals surface area contributed by atoms with Crippen LogP contribution in [0.15, 0.2) is 101 Å². The van der Waals surface area contributed by atoms with Crippen molar-refractivity contribution >= 4 is 38.7 Å². The maximum atomic E-state index is 13.8. The maximum Gasteiger partial charge on any atom is 0.269 e. The SMILES string of the molecule is O=C(c1ccc2c(c1)N(Cc1ccc(F)cc1)C(=O)c1ccccc1S2(=O)=O)N1CCN(c2ccc([N+](=O)[O-])cc2)CC1. The highest BCUT2D eigenvalue weighted by Gasteiger charge is 2.36. The Hall–Kier alpha value is -5.10. The van der Waals surface area contributed by atoms with Crippen LogP contribution in [0.5, 0.6) is 0 Å². The first-order chi connectivity index (χ1) is 20.6. The molecule has 1 saturated heterocycles. The summed E-state index contributed by atoms with van der Waals surface area (Å²) in [4.78, 5) is 42.7. The molecule has 1 fully saturated rings. The molecule has 0 radical (unpaired) electrons. The molecule has 2 aliphatic heterocycles. The Balaban J connectivity index is 1.31. The lowest BCUT2D eigenvalue weighted by atomic mass is 10.1. The van der Waals surface area contributed by atoms with E-state index in [1.807, 2.05) is 4.90 Å². The van der Waals surface area contributed by atoms with Crippen LogP contribution in [0.4, 0.5) is 21.5 Å². The van der Waals surface area contributed by atoms with E-state index in [-0.39, 0.29) is 44.7 Å². The number of nitro groups is 1. The number of anilines is 2.